The van der Waals surface area contributed by atoms with Crippen LogP contribution >= 0.6 is 0 Å². The van der Waals surface area contributed by atoms with E-state index in [4.69, 9.17) is 9.73 Å². The summed E-state index contributed by atoms with van der Waals surface area (Å²) in [6.45, 7) is 4.32. The van der Waals surface area contributed by atoms with Crippen LogP contribution in [-0.4, -0.2) is 17.8 Å². The lowest BCUT2D eigenvalue weighted by atomic mass is 9.81. The molecule has 1 unspecified atom stereocenters. The molecule has 1 aliphatic carbocycles. The van der Waals surface area contributed by atoms with Crippen LogP contribution in [0.3, 0.4) is 0 Å². The van der Waals surface area contributed by atoms with E-state index in [0.717, 1.165) is 17.1 Å². The minimum absolute atomic E-state index is 0.188. The second-order valence-electron chi connectivity index (χ2n) is 5.55. The summed E-state index contributed by atoms with van der Waals surface area (Å²) < 4.78 is 5.57. The maximum Gasteiger partial charge on any atom is 0.125 e. The van der Waals surface area contributed by atoms with Gasteiger partial charge in [-0.2, -0.15) is 0 Å². The molecule has 104 valence electrons. The Labute approximate surface area is 123 Å². The maximum absolute atomic E-state index is 5.57. The van der Waals surface area contributed by atoms with Gasteiger partial charge in [0.2, 0.25) is 0 Å². The predicted octanol–water partition coefficient (Wildman–Crippen LogP) is 2.31. The lowest BCUT2D eigenvalue weighted by molar-refractivity contribution is 0.411. The smallest absolute Gasteiger partial charge is 0.125 e. The fourth-order valence-electron chi connectivity index (χ4n) is 3.48. The standard InChI is InChI=1S/C18H16N2O/c1-10-13-9-19-8-7-12(13)11(2)18-16(10)17-14(20-18)5-4-6-15(17)21-3/h4-9,16H,1-3H3. The van der Waals surface area contributed by atoms with E-state index >= 15 is 0 Å². The van der Waals surface area contributed by atoms with Crippen LogP contribution in [0.5, 0.6) is 5.75 Å². The minimum atomic E-state index is 0.188. The van der Waals surface area contributed by atoms with Crippen molar-refractivity contribution in [2.75, 3.05) is 7.11 Å². The molecule has 21 heavy (non-hydrogen) atoms. The van der Waals surface area contributed by atoms with E-state index in [1.165, 1.54) is 27.1 Å². The minimum Gasteiger partial charge on any atom is -0.496 e. The van der Waals surface area contributed by atoms with Crippen molar-refractivity contribution in [3.8, 4) is 5.75 Å². The summed E-state index contributed by atoms with van der Waals surface area (Å²) in [5.41, 5.74) is 5.88. The van der Waals surface area contributed by atoms with Crippen molar-refractivity contribution in [2.45, 2.75) is 19.8 Å². The highest BCUT2D eigenvalue weighted by molar-refractivity contribution is 6.28. The topological polar surface area (TPSA) is 34.5 Å². The van der Waals surface area contributed by atoms with Gasteiger partial charge in [-0.1, -0.05) is 11.6 Å². The summed E-state index contributed by atoms with van der Waals surface area (Å²) >= 11 is 0. The third-order valence-electron chi connectivity index (χ3n) is 4.53. The highest BCUT2D eigenvalue weighted by Crippen LogP contribution is 2.47. The Morgan fingerprint density at radius 3 is 2.76 bits per heavy atom. The van der Waals surface area contributed by atoms with E-state index in [9.17, 15) is 0 Å². The number of benzene rings is 1. The molecule has 0 amide bonds. The molecule has 0 bridgehead atoms. The Kier molecular flexibility index (Phi) is 2.52. The SMILES string of the molecule is COc1cccc2c1C1C(=N2)C(C)=c2ccncc2=C1C. The van der Waals surface area contributed by atoms with Gasteiger partial charge in [0.15, 0.2) is 0 Å². The van der Waals surface area contributed by atoms with Crippen molar-refractivity contribution in [3.63, 3.8) is 0 Å². The molecule has 1 aromatic carbocycles. The molecule has 0 fully saturated rings. The fourth-order valence-corrected chi connectivity index (χ4v) is 3.48. The largest absolute Gasteiger partial charge is 0.496 e. The number of aromatic nitrogens is 1. The van der Waals surface area contributed by atoms with E-state index in [1.807, 2.05) is 24.5 Å². The zero-order valence-corrected chi connectivity index (χ0v) is 12.3. The Bertz CT molecular complexity index is 909. The van der Waals surface area contributed by atoms with Gasteiger partial charge in [0.05, 0.1) is 24.4 Å². The van der Waals surface area contributed by atoms with Gasteiger partial charge in [0, 0.05) is 23.2 Å². The number of nitrogens with zero attached hydrogens (tertiary/aromatic N) is 2. The molecule has 0 radical (unpaired) electrons. The van der Waals surface area contributed by atoms with Crippen LogP contribution in [0.2, 0.25) is 0 Å². The predicted molar refractivity (Wildman–Crippen MR) is 84.5 cm³/mol. The Morgan fingerprint density at radius 1 is 1.10 bits per heavy atom. The summed E-state index contributed by atoms with van der Waals surface area (Å²) in [7, 11) is 1.72. The monoisotopic (exact) mass is 276 g/mol. The highest BCUT2D eigenvalue weighted by Gasteiger charge is 2.34. The molecule has 1 atom stereocenters. The Hall–Kier alpha value is -2.42. The summed E-state index contributed by atoms with van der Waals surface area (Å²) in [5, 5.41) is 2.46. The Balaban J connectivity index is 2.11. The third-order valence-corrected chi connectivity index (χ3v) is 4.53. The molecule has 3 nitrogen and oxygen atoms in total. The zero-order chi connectivity index (χ0) is 14.6. The van der Waals surface area contributed by atoms with Gasteiger partial charge in [0.25, 0.3) is 0 Å². The lowest BCUT2D eigenvalue weighted by Gasteiger charge is -2.22. The summed E-state index contributed by atoms with van der Waals surface area (Å²) in [6, 6.07) is 8.15. The van der Waals surface area contributed by atoms with Gasteiger partial charge in [-0.05, 0) is 42.8 Å². The van der Waals surface area contributed by atoms with Crippen molar-refractivity contribution in [2.24, 2.45) is 4.99 Å². The van der Waals surface area contributed by atoms with Crippen LogP contribution in [-0.2, 0) is 0 Å². The molecule has 2 heterocycles. The fraction of sp³-hybridized carbons (Fsp3) is 0.222. The molecular formula is C18H16N2O. The first-order valence-corrected chi connectivity index (χ1v) is 7.10. The number of hydrogen-bond acceptors (Lipinski definition) is 3. The van der Waals surface area contributed by atoms with Crippen molar-refractivity contribution in [1.29, 1.82) is 0 Å². The molecule has 1 aromatic heterocycles. The molecule has 3 heteroatoms. The number of hydrogen-bond donors (Lipinski definition) is 0. The van der Waals surface area contributed by atoms with E-state index in [1.54, 1.807) is 7.11 Å². The van der Waals surface area contributed by atoms with Gasteiger partial charge in [-0.25, -0.2) is 0 Å². The number of fused-ring (bicyclic) bond motifs is 4. The van der Waals surface area contributed by atoms with Crippen LogP contribution in [0.1, 0.15) is 25.3 Å². The zero-order valence-electron chi connectivity index (χ0n) is 12.3. The van der Waals surface area contributed by atoms with E-state index in [-0.39, 0.29) is 5.92 Å². The quantitative estimate of drug-likeness (QED) is 0.801. The first-order valence-electron chi connectivity index (χ1n) is 7.10. The molecule has 1 aliphatic heterocycles. The van der Waals surface area contributed by atoms with Crippen LogP contribution in [0.4, 0.5) is 5.69 Å². The van der Waals surface area contributed by atoms with Crippen LogP contribution in [0.15, 0.2) is 41.7 Å². The first-order chi connectivity index (χ1) is 10.2. The summed E-state index contributed by atoms with van der Waals surface area (Å²) in [4.78, 5) is 9.16. The number of methoxy groups -OCH3 is 1. The second-order valence-corrected chi connectivity index (χ2v) is 5.55. The van der Waals surface area contributed by atoms with Gasteiger partial charge >= 0.3 is 0 Å². The van der Waals surface area contributed by atoms with Gasteiger partial charge in [-0.3, -0.25) is 9.98 Å². The molecule has 0 N–H and O–H groups in total. The van der Waals surface area contributed by atoms with E-state index in [2.05, 4.69) is 31.0 Å². The van der Waals surface area contributed by atoms with E-state index in [0.29, 0.717) is 0 Å². The van der Waals surface area contributed by atoms with E-state index < -0.39 is 0 Å². The van der Waals surface area contributed by atoms with Crippen LogP contribution in [0.25, 0.3) is 11.1 Å². The van der Waals surface area contributed by atoms with Crippen molar-refractivity contribution >= 4 is 22.5 Å². The molecule has 0 spiro atoms. The third kappa shape index (κ3) is 1.54. The number of pyridine rings is 1. The number of aliphatic imine (C=N–C) groups is 1. The van der Waals surface area contributed by atoms with Crippen molar-refractivity contribution in [3.05, 3.63) is 52.7 Å². The van der Waals surface area contributed by atoms with Gasteiger partial charge in [0.1, 0.15) is 5.75 Å². The summed E-state index contributed by atoms with van der Waals surface area (Å²) in [5.74, 6) is 1.10. The number of rotatable bonds is 1. The average Bonchev–Trinajstić information content (AvgIpc) is 2.92. The second kappa shape index (κ2) is 4.29. The maximum atomic E-state index is 5.57. The van der Waals surface area contributed by atoms with Crippen molar-refractivity contribution in [1.82, 2.24) is 4.98 Å². The molecular weight excluding hydrogens is 260 g/mol. The highest BCUT2D eigenvalue weighted by atomic mass is 16.5. The molecule has 4 rings (SSSR count). The van der Waals surface area contributed by atoms with Gasteiger partial charge in [-0.15, -0.1) is 0 Å². The van der Waals surface area contributed by atoms with Crippen LogP contribution < -0.4 is 15.2 Å². The van der Waals surface area contributed by atoms with Gasteiger partial charge < -0.3 is 4.74 Å². The first kappa shape index (κ1) is 12.3. The average molecular weight is 276 g/mol. The number of ether oxygens (including phenoxy) is 1. The van der Waals surface area contributed by atoms with Crippen molar-refractivity contribution < 1.29 is 4.74 Å². The lowest BCUT2D eigenvalue weighted by Crippen LogP contribution is -2.37. The van der Waals surface area contributed by atoms with Crippen LogP contribution in [0, 0.1) is 0 Å². The normalized spacial score (nSPS) is 18.8. The Morgan fingerprint density at radius 2 is 1.95 bits per heavy atom. The summed E-state index contributed by atoms with van der Waals surface area (Å²) in [6.07, 6.45) is 3.80. The molecule has 2 aliphatic rings. The molecule has 2 aromatic rings. The molecule has 0 saturated carbocycles. The molecule has 0 saturated heterocycles.